The van der Waals surface area contributed by atoms with Crippen molar-refractivity contribution in [2.24, 2.45) is 17.6 Å². The SMILES string of the molecule is CCCCCCCCCCCCCCCCCC(=O)OC[C@H](CCOC(=O)[C@@H](N)C(C)C)Cn1cnc2c(=O)nc(N)[nH]c21. The maximum Gasteiger partial charge on any atom is 0.323 e. The van der Waals surface area contributed by atoms with Gasteiger partial charge in [-0.15, -0.1) is 0 Å². The highest BCUT2D eigenvalue weighted by atomic mass is 16.5. The number of imidazole rings is 1. The summed E-state index contributed by atoms with van der Waals surface area (Å²) >= 11 is 0. The second-order valence-corrected chi connectivity index (χ2v) is 12.5. The molecule has 11 nitrogen and oxygen atoms in total. The first-order valence-electron chi connectivity index (χ1n) is 17.0. The first-order chi connectivity index (χ1) is 21.2. The lowest BCUT2D eigenvalue weighted by molar-refractivity contribution is -0.149. The number of carbonyl (C=O) groups excluding carboxylic acids is 2. The number of hydrogen-bond acceptors (Lipinski definition) is 9. The number of ether oxygens (including phenoxy) is 2. The monoisotopic (exact) mass is 618 g/mol. The summed E-state index contributed by atoms with van der Waals surface area (Å²) in [7, 11) is 0. The number of nitrogens with one attached hydrogen (secondary N) is 1. The van der Waals surface area contributed by atoms with Crippen LogP contribution in [0.2, 0.25) is 0 Å². The Morgan fingerprint density at radius 1 is 0.909 bits per heavy atom. The molecule has 0 aliphatic rings. The van der Waals surface area contributed by atoms with Gasteiger partial charge in [0.1, 0.15) is 11.7 Å². The van der Waals surface area contributed by atoms with Crippen LogP contribution in [0.25, 0.3) is 11.2 Å². The van der Waals surface area contributed by atoms with E-state index in [1.165, 1.54) is 83.4 Å². The van der Waals surface area contributed by atoms with Crippen molar-refractivity contribution >= 4 is 29.1 Å². The van der Waals surface area contributed by atoms with Crippen molar-refractivity contribution in [3.63, 3.8) is 0 Å². The van der Waals surface area contributed by atoms with E-state index in [0.29, 0.717) is 25.0 Å². The highest BCUT2D eigenvalue weighted by Crippen LogP contribution is 2.16. The Hall–Kier alpha value is -2.95. The van der Waals surface area contributed by atoms with Gasteiger partial charge in [0.25, 0.3) is 0 Å². The normalized spacial score (nSPS) is 12.9. The molecule has 0 spiro atoms. The Morgan fingerprint density at radius 2 is 1.48 bits per heavy atom. The highest BCUT2D eigenvalue weighted by molar-refractivity contribution is 5.75. The Balaban J connectivity index is 1.69. The largest absolute Gasteiger partial charge is 0.465 e. The molecule has 2 atom stereocenters. The van der Waals surface area contributed by atoms with Gasteiger partial charge >= 0.3 is 17.5 Å². The average molecular weight is 619 g/mol. The molecule has 0 radical (unpaired) electrons. The van der Waals surface area contributed by atoms with Crippen LogP contribution >= 0.6 is 0 Å². The molecule has 0 saturated carbocycles. The second kappa shape index (κ2) is 21.7. The molecular formula is C33H58N6O5. The molecule has 44 heavy (non-hydrogen) atoms. The van der Waals surface area contributed by atoms with Crippen molar-refractivity contribution in [2.45, 2.75) is 143 Å². The lowest BCUT2D eigenvalue weighted by Crippen LogP contribution is -2.37. The molecule has 0 aromatic carbocycles. The number of esters is 2. The van der Waals surface area contributed by atoms with Gasteiger partial charge in [-0.3, -0.25) is 14.4 Å². The Bertz CT molecular complexity index is 1150. The summed E-state index contributed by atoms with van der Waals surface area (Å²) in [6, 6.07) is -0.695. The molecule has 0 bridgehead atoms. The lowest BCUT2D eigenvalue weighted by Gasteiger charge is -2.19. The molecule has 0 amide bonds. The summed E-state index contributed by atoms with van der Waals surface area (Å²) < 4.78 is 12.8. The molecular weight excluding hydrogens is 560 g/mol. The minimum Gasteiger partial charge on any atom is -0.465 e. The number of carbonyl (C=O) groups is 2. The van der Waals surface area contributed by atoms with Crippen molar-refractivity contribution in [1.29, 1.82) is 0 Å². The number of nitrogen functional groups attached to an aromatic ring is 1. The number of fused-ring (bicyclic) bond motifs is 1. The summed E-state index contributed by atoms with van der Waals surface area (Å²) in [5, 5.41) is 0. The molecule has 0 unspecified atom stereocenters. The molecule has 2 aromatic rings. The van der Waals surface area contributed by atoms with Crippen LogP contribution in [0.5, 0.6) is 0 Å². The van der Waals surface area contributed by atoms with Crippen LogP contribution in [0, 0.1) is 11.8 Å². The van der Waals surface area contributed by atoms with Crippen molar-refractivity contribution in [3.8, 4) is 0 Å². The van der Waals surface area contributed by atoms with Crippen molar-refractivity contribution in [1.82, 2.24) is 19.5 Å². The molecule has 5 N–H and O–H groups in total. The Kier molecular flexibility index (Phi) is 18.4. The van der Waals surface area contributed by atoms with E-state index in [-0.39, 0.29) is 42.5 Å². The van der Waals surface area contributed by atoms with Crippen LogP contribution < -0.4 is 17.0 Å². The van der Waals surface area contributed by atoms with Gasteiger partial charge in [-0.25, -0.2) is 4.98 Å². The first kappa shape index (κ1) is 37.2. The second-order valence-electron chi connectivity index (χ2n) is 12.5. The number of aromatic amines is 1. The molecule has 2 heterocycles. The van der Waals surface area contributed by atoms with E-state index in [1.54, 1.807) is 4.57 Å². The van der Waals surface area contributed by atoms with Crippen LogP contribution in [0.3, 0.4) is 0 Å². The maximum atomic E-state index is 12.5. The number of unbranched alkanes of at least 4 members (excludes halogenated alkanes) is 14. The zero-order valence-corrected chi connectivity index (χ0v) is 27.5. The first-order valence-corrected chi connectivity index (χ1v) is 17.0. The van der Waals surface area contributed by atoms with Gasteiger partial charge in [-0.1, -0.05) is 111 Å². The van der Waals surface area contributed by atoms with Gasteiger partial charge < -0.3 is 30.5 Å². The summed E-state index contributed by atoms with van der Waals surface area (Å²) in [6.07, 6.45) is 21.4. The van der Waals surface area contributed by atoms with Gasteiger partial charge in [-0.2, -0.15) is 4.98 Å². The summed E-state index contributed by atoms with van der Waals surface area (Å²) in [5.74, 6) is -0.932. The van der Waals surface area contributed by atoms with Gasteiger partial charge in [-0.05, 0) is 18.8 Å². The molecule has 0 saturated heterocycles. The summed E-state index contributed by atoms with van der Waals surface area (Å²) in [5.41, 5.74) is 11.7. The number of anilines is 1. The van der Waals surface area contributed by atoms with E-state index >= 15 is 0 Å². The van der Waals surface area contributed by atoms with Gasteiger partial charge in [0.15, 0.2) is 5.52 Å². The number of nitrogens with two attached hydrogens (primary N) is 2. The summed E-state index contributed by atoms with van der Waals surface area (Å²) in [4.78, 5) is 47.6. The fraction of sp³-hybridized carbons (Fsp3) is 0.788. The molecule has 0 aliphatic heterocycles. The van der Waals surface area contributed by atoms with E-state index in [0.717, 1.165) is 19.3 Å². The Morgan fingerprint density at radius 3 is 2.05 bits per heavy atom. The van der Waals surface area contributed by atoms with Crippen molar-refractivity contribution in [2.75, 3.05) is 18.9 Å². The highest BCUT2D eigenvalue weighted by Gasteiger charge is 2.21. The number of rotatable bonds is 25. The van der Waals surface area contributed by atoms with E-state index in [2.05, 4.69) is 21.9 Å². The Labute approximate surface area is 263 Å². The van der Waals surface area contributed by atoms with Crippen LogP contribution in [0.4, 0.5) is 5.95 Å². The fourth-order valence-corrected chi connectivity index (χ4v) is 5.24. The van der Waals surface area contributed by atoms with Gasteiger partial charge in [0, 0.05) is 18.9 Å². The minimum atomic E-state index is -0.695. The van der Waals surface area contributed by atoms with Crippen LogP contribution in [0.1, 0.15) is 130 Å². The molecule has 0 fully saturated rings. The molecule has 0 aliphatic carbocycles. The van der Waals surface area contributed by atoms with Crippen LogP contribution in [-0.4, -0.2) is 50.7 Å². The molecule has 250 valence electrons. The quantitative estimate of drug-likeness (QED) is 0.0887. The van der Waals surface area contributed by atoms with E-state index < -0.39 is 17.6 Å². The standard InChI is InChI=1S/C33H58N6O5/c1-4-5-6-7-8-9-10-11-12-13-14-15-16-17-18-19-27(40)44-23-26(20-21-43-32(42)28(34)25(2)3)22-39-24-36-29-30(39)37-33(35)38-31(29)41/h24-26,28H,4-23,34H2,1-3H3,(H3,35,37,38,41)/t26-,28+/m1/s1. The average Bonchev–Trinajstić information content (AvgIpc) is 3.39. The van der Waals surface area contributed by atoms with Crippen molar-refractivity contribution in [3.05, 3.63) is 16.7 Å². The lowest BCUT2D eigenvalue weighted by atomic mass is 10.0. The zero-order valence-electron chi connectivity index (χ0n) is 27.5. The fourth-order valence-electron chi connectivity index (χ4n) is 5.24. The predicted molar refractivity (Wildman–Crippen MR) is 175 cm³/mol. The molecule has 2 rings (SSSR count). The van der Waals surface area contributed by atoms with Gasteiger partial charge in [0.2, 0.25) is 5.95 Å². The predicted octanol–water partition coefficient (Wildman–Crippen LogP) is 6.04. The third kappa shape index (κ3) is 14.7. The third-order valence-corrected chi connectivity index (χ3v) is 8.19. The van der Waals surface area contributed by atoms with E-state index in [9.17, 15) is 14.4 Å². The molecule has 11 heteroatoms. The zero-order chi connectivity index (χ0) is 32.2. The van der Waals surface area contributed by atoms with Crippen molar-refractivity contribution < 1.29 is 19.1 Å². The van der Waals surface area contributed by atoms with Gasteiger partial charge in [0.05, 0.1) is 19.5 Å². The molecule has 2 aromatic heterocycles. The van der Waals surface area contributed by atoms with E-state index in [4.69, 9.17) is 20.9 Å². The van der Waals surface area contributed by atoms with E-state index in [1.807, 2.05) is 13.8 Å². The number of aromatic nitrogens is 4. The summed E-state index contributed by atoms with van der Waals surface area (Å²) in [6.45, 7) is 6.63. The minimum absolute atomic E-state index is 0.00710. The third-order valence-electron chi connectivity index (χ3n) is 8.19. The van der Waals surface area contributed by atoms with Crippen LogP contribution in [0.15, 0.2) is 11.1 Å². The van der Waals surface area contributed by atoms with Crippen LogP contribution in [-0.2, 0) is 25.6 Å². The number of hydrogen-bond donors (Lipinski definition) is 3. The topological polar surface area (TPSA) is 168 Å². The maximum absolute atomic E-state index is 12.5. The number of nitrogens with zero attached hydrogens (tertiary/aromatic N) is 3. The smallest absolute Gasteiger partial charge is 0.323 e. The number of H-pyrrole nitrogens is 1.